The quantitative estimate of drug-likeness (QED) is 0.880. The SMILES string of the molecule is CC1CC(C(=O)O)CN(C(=O)Nc2ccc3c(c2)CCCC3)C1. The zero-order valence-corrected chi connectivity index (χ0v) is 13.5. The smallest absolute Gasteiger partial charge is 0.321 e. The Hall–Kier alpha value is -2.04. The number of amides is 2. The third-order valence-electron chi connectivity index (χ3n) is 4.90. The molecule has 1 fully saturated rings. The Balaban J connectivity index is 1.67. The molecular formula is C18H24N2O3. The van der Waals surface area contributed by atoms with Crippen LogP contribution in [-0.2, 0) is 17.6 Å². The molecule has 0 spiro atoms. The Labute approximate surface area is 136 Å². The largest absolute Gasteiger partial charge is 0.481 e. The summed E-state index contributed by atoms with van der Waals surface area (Å²) in [4.78, 5) is 25.3. The number of hydrogen-bond acceptors (Lipinski definition) is 2. The average molecular weight is 316 g/mol. The van der Waals surface area contributed by atoms with Crippen LogP contribution in [0.1, 0.15) is 37.3 Å². The van der Waals surface area contributed by atoms with Gasteiger partial charge in [-0.05, 0) is 61.3 Å². The maximum absolute atomic E-state index is 12.5. The second-order valence-corrected chi connectivity index (χ2v) is 6.90. The molecule has 0 aromatic heterocycles. The lowest BCUT2D eigenvalue weighted by atomic mass is 9.90. The van der Waals surface area contributed by atoms with Crippen LogP contribution >= 0.6 is 0 Å². The molecule has 1 aromatic carbocycles. The van der Waals surface area contributed by atoms with E-state index < -0.39 is 11.9 Å². The van der Waals surface area contributed by atoms with Crippen molar-refractivity contribution in [2.24, 2.45) is 11.8 Å². The number of rotatable bonds is 2. The first kappa shape index (κ1) is 15.8. The topological polar surface area (TPSA) is 69.6 Å². The second-order valence-electron chi connectivity index (χ2n) is 6.90. The van der Waals surface area contributed by atoms with Crippen LogP contribution in [-0.4, -0.2) is 35.1 Å². The van der Waals surface area contributed by atoms with E-state index in [1.807, 2.05) is 13.0 Å². The second kappa shape index (κ2) is 6.60. The van der Waals surface area contributed by atoms with Crippen molar-refractivity contribution < 1.29 is 14.7 Å². The molecule has 2 unspecified atom stereocenters. The first-order valence-corrected chi connectivity index (χ1v) is 8.43. The molecule has 2 N–H and O–H groups in total. The van der Waals surface area contributed by atoms with Crippen LogP contribution in [0.15, 0.2) is 18.2 Å². The Morgan fingerprint density at radius 3 is 2.65 bits per heavy atom. The lowest BCUT2D eigenvalue weighted by Gasteiger charge is -2.34. The van der Waals surface area contributed by atoms with Gasteiger partial charge in [-0.1, -0.05) is 13.0 Å². The molecule has 2 atom stereocenters. The van der Waals surface area contributed by atoms with E-state index in [1.54, 1.807) is 4.90 Å². The number of fused-ring (bicyclic) bond motifs is 1. The third kappa shape index (κ3) is 3.66. The van der Waals surface area contributed by atoms with Crippen LogP contribution in [0.4, 0.5) is 10.5 Å². The fourth-order valence-corrected chi connectivity index (χ4v) is 3.71. The van der Waals surface area contributed by atoms with E-state index >= 15 is 0 Å². The van der Waals surface area contributed by atoms with Crippen molar-refractivity contribution in [2.75, 3.05) is 18.4 Å². The minimum Gasteiger partial charge on any atom is -0.481 e. The summed E-state index contributed by atoms with van der Waals surface area (Å²) in [7, 11) is 0. The van der Waals surface area contributed by atoms with Crippen LogP contribution in [0.5, 0.6) is 0 Å². The molecule has 23 heavy (non-hydrogen) atoms. The molecule has 5 nitrogen and oxygen atoms in total. The molecule has 1 aliphatic heterocycles. The molecule has 124 valence electrons. The number of likely N-dealkylation sites (tertiary alicyclic amines) is 1. The first-order chi connectivity index (χ1) is 11.0. The number of anilines is 1. The maximum Gasteiger partial charge on any atom is 0.321 e. The Morgan fingerprint density at radius 2 is 1.91 bits per heavy atom. The number of carboxylic acid groups (broad SMARTS) is 1. The predicted molar refractivity (Wildman–Crippen MR) is 88.6 cm³/mol. The summed E-state index contributed by atoms with van der Waals surface area (Å²) < 4.78 is 0. The van der Waals surface area contributed by atoms with Crippen molar-refractivity contribution in [3.05, 3.63) is 29.3 Å². The van der Waals surface area contributed by atoms with Gasteiger partial charge in [0.2, 0.25) is 0 Å². The number of hydrogen-bond donors (Lipinski definition) is 2. The Morgan fingerprint density at radius 1 is 1.17 bits per heavy atom. The minimum absolute atomic E-state index is 0.196. The van der Waals surface area contributed by atoms with Crippen LogP contribution in [0.3, 0.4) is 0 Å². The molecule has 2 amide bonds. The van der Waals surface area contributed by atoms with Gasteiger partial charge in [-0.25, -0.2) is 4.79 Å². The highest BCUT2D eigenvalue weighted by Crippen LogP contribution is 2.26. The third-order valence-corrected chi connectivity index (χ3v) is 4.90. The number of aliphatic carboxylic acids is 1. The van der Waals surface area contributed by atoms with Gasteiger partial charge in [0.1, 0.15) is 0 Å². The molecule has 0 radical (unpaired) electrons. The van der Waals surface area contributed by atoms with E-state index in [1.165, 1.54) is 24.0 Å². The first-order valence-electron chi connectivity index (χ1n) is 8.43. The summed E-state index contributed by atoms with van der Waals surface area (Å²) in [5.41, 5.74) is 3.51. The number of aryl methyl sites for hydroxylation is 2. The van der Waals surface area contributed by atoms with Crippen LogP contribution in [0, 0.1) is 11.8 Å². The average Bonchev–Trinajstić information content (AvgIpc) is 2.54. The molecule has 0 bridgehead atoms. The van der Waals surface area contributed by atoms with Crippen LogP contribution in [0.2, 0.25) is 0 Å². The normalized spacial score (nSPS) is 24.0. The standard InChI is InChI=1S/C18H24N2O3/c1-12-8-15(17(21)22)11-20(10-12)18(23)19-16-7-6-13-4-2-3-5-14(13)9-16/h6-7,9,12,15H,2-5,8,10-11H2,1H3,(H,19,23)(H,21,22). The lowest BCUT2D eigenvalue weighted by molar-refractivity contribution is -0.143. The summed E-state index contributed by atoms with van der Waals surface area (Å²) in [5, 5.41) is 12.2. The number of piperidine rings is 1. The maximum atomic E-state index is 12.5. The fraction of sp³-hybridized carbons (Fsp3) is 0.556. The number of carboxylic acids is 1. The van der Waals surface area contributed by atoms with Gasteiger partial charge in [-0.15, -0.1) is 0 Å². The molecule has 2 aliphatic rings. The minimum atomic E-state index is -0.817. The monoisotopic (exact) mass is 316 g/mol. The van der Waals surface area contributed by atoms with E-state index in [-0.39, 0.29) is 18.5 Å². The molecule has 3 rings (SSSR count). The number of nitrogens with one attached hydrogen (secondary N) is 1. The van der Waals surface area contributed by atoms with E-state index in [4.69, 9.17) is 0 Å². The molecule has 0 saturated carbocycles. The Bertz CT molecular complexity index is 614. The van der Waals surface area contributed by atoms with Gasteiger partial charge >= 0.3 is 12.0 Å². The summed E-state index contributed by atoms with van der Waals surface area (Å²) in [6, 6.07) is 5.92. The van der Waals surface area contributed by atoms with Crippen LogP contribution in [0.25, 0.3) is 0 Å². The van der Waals surface area contributed by atoms with Crippen molar-refractivity contribution in [1.29, 1.82) is 0 Å². The highest BCUT2D eigenvalue weighted by atomic mass is 16.4. The molecule has 1 aromatic rings. The van der Waals surface area contributed by atoms with Gasteiger partial charge in [0, 0.05) is 18.8 Å². The van der Waals surface area contributed by atoms with Gasteiger partial charge in [0.15, 0.2) is 0 Å². The van der Waals surface area contributed by atoms with E-state index in [9.17, 15) is 14.7 Å². The van der Waals surface area contributed by atoms with Gasteiger partial charge in [-0.2, -0.15) is 0 Å². The number of carbonyl (C=O) groups is 2. The highest BCUT2D eigenvalue weighted by molar-refractivity contribution is 5.90. The van der Waals surface area contributed by atoms with Crippen molar-refractivity contribution >= 4 is 17.7 Å². The molecule has 5 heteroatoms. The van der Waals surface area contributed by atoms with E-state index in [0.29, 0.717) is 13.0 Å². The summed E-state index contributed by atoms with van der Waals surface area (Å²) in [5.74, 6) is -1.07. The number of nitrogens with zero attached hydrogens (tertiary/aromatic N) is 1. The van der Waals surface area contributed by atoms with Gasteiger partial charge < -0.3 is 15.3 Å². The zero-order chi connectivity index (χ0) is 16.4. The number of carbonyl (C=O) groups excluding carboxylic acids is 1. The van der Waals surface area contributed by atoms with Gasteiger partial charge in [-0.3, -0.25) is 4.79 Å². The Kier molecular flexibility index (Phi) is 4.55. The van der Waals surface area contributed by atoms with Gasteiger partial charge in [0.25, 0.3) is 0 Å². The molecular weight excluding hydrogens is 292 g/mol. The molecule has 1 saturated heterocycles. The van der Waals surface area contributed by atoms with E-state index in [0.717, 1.165) is 18.5 Å². The molecule has 1 aliphatic carbocycles. The van der Waals surface area contributed by atoms with Crippen molar-refractivity contribution in [3.8, 4) is 0 Å². The van der Waals surface area contributed by atoms with Crippen molar-refractivity contribution in [2.45, 2.75) is 39.0 Å². The highest BCUT2D eigenvalue weighted by Gasteiger charge is 2.31. The summed E-state index contributed by atoms with van der Waals surface area (Å²) in [6.45, 7) is 2.89. The predicted octanol–water partition coefficient (Wildman–Crippen LogP) is 3.14. The molecule has 1 heterocycles. The number of urea groups is 1. The lowest BCUT2D eigenvalue weighted by Crippen LogP contribution is -2.47. The van der Waals surface area contributed by atoms with E-state index in [2.05, 4.69) is 17.4 Å². The fourth-order valence-electron chi connectivity index (χ4n) is 3.71. The number of benzene rings is 1. The van der Waals surface area contributed by atoms with Crippen LogP contribution < -0.4 is 5.32 Å². The van der Waals surface area contributed by atoms with Crippen molar-refractivity contribution in [3.63, 3.8) is 0 Å². The summed E-state index contributed by atoms with van der Waals surface area (Å²) >= 11 is 0. The van der Waals surface area contributed by atoms with Crippen molar-refractivity contribution in [1.82, 2.24) is 4.90 Å². The zero-order valence-electron chi connectivity index (χ0n) is 13.5. The van der Waals surface area contributed by atoms with Gasteiger partial charge in [0.05, 0.1) is 5.92 Å². The summed E-state index contributed by atoms with van der Waals surface area (Å²) in [6.07, 6.45) is 5.27.